The Morgan fingerprint density at radius 1 is 1.07 bits per heavy atom. The Labute approximate surface area is 118 Å². The Morgan fingerprint density at radius 3 is 1.67 bits per heavy atom. The Kier molecular flexibility index (Phi) is 7.47. The van der Waals surface area contributed by atoms with Crippen molar-refractivity contribution in [3.63, 3.8) is 0 Å². The Hall–Kier alpha value is -0.1000. The second-order valence-electron chi connectivity index (χ2n) is 3.03. The fourth-order valence-corrected chi connectivity index (χ4v) is 1.47. The van der Waals surface area contributed by atoms with Crippen molar-refractivity contribution in [1.29, 1.82) is 0 Å². The number of nitrogens with one attached hydrogen (secondary N) is 2. The molecular formula is C8H14ClN2NaO3. The molecule has 5 nitrogen and oxygen atoms in total. The van der Waals surface area contributed by atoms with Gasteiger partial charge in [0.1, 0.15) is 5.41 Å². The summed E-state index contributed by atoms with van der Waals surface area (Å²) in [5, 5.41) is 4.19. The summed E-state index contributed by atoms with van der Waals surface area (Å²) in [6.07, 6.45) is 0.795. The minimum Gasteiger partial charge on any atom is -1.00 e. The first-order valence-electron chi connectivity index (χ1n) is 4.23. The van der Waals surface area contributed by atoms with Gasteiger partial charge in [-0.2, -0.15) is 0 Å². The summed E-state index contributed by atoms with van der Waals surface area (Å²) in [5.41, 5.74) is -1.06. The van der Waals surface area contributed by atoms with Crippen molar-refractivity contribution >= 4 is 30.3 Å². The van der Waals surface area contributed by atoms with Crippen LogP contribution in [0.1, 0.15) is 28.1 Å². The van der Waals surface area contributed by atoms with Gasteiger partial charge in [0.2, 0.25) is 11.8 Å². The van der Waals surface area contributed by atoms with Gasteiger partial charge in [-0.25, -0.2) is 4.79 Å². The topological polar surface area (TPSA) is 75.3 Å². The van der Waals surface area contributed by atoms with Gasteiger partial charge in [-0.1, -0.05) is 13.8 Å². The summed E-state index contributed by atoms with van der Waals surface area (Å²) >= 11 is 0. The Bertz CT molecular complexity index is 262. The average molecular weight is 245 g/mol. The van der Waals surface area contributed by atoms with Gasteiger partial charge in [-0.15, -0.1) is 12.4 Å². The van der Waals surface area contributed by atoms with Crippen molar-refractivity contribution in [2.24, 2.45) is 5.41 Å². The van der Waals surface area contributed by atoms with Gasteiger partial charge in [0.15, 0.2) is 0 Å². The number of carbonyl (C=O) groups is 3. The molecule has 1 aliphatic heterocycles. The molecule has 1 fully saturated rings. The van der Waals surface area contributed by atoms with Crippen LogP contribution in [-0.4, -0.2) is 17.8 Å². The number of hydrogen-bond acceptors (Lipinski definition) is 3. The van der Waals surface area contributed by atoms with E-state index in [1.165, 1.54) is 0 Å². The van der Waals surface area contributed by atoms with E-state index in [9.17, 15) is 14.4 Å². The predicted molar refractivity (Wildman–Crippen MR) is 53.1 cm³/mol. The maximum absolute atomic E-state index is 11.4. The SMILES string of the molecule is CCC1(CC)C(=O)NC(=O)NC1=O.Cl.[H-].[Na+]. The van der Waals surface area contributed by atoms with E-state index in [4.69, 9.17) is 0 Å². The smallest absolute Gasteiger partial charge is 1.00 e. The largest absolute Gasteiger partial charge is 1.00 e. The van der Waals surface area contributed by atoms with E-state index in [2.05, 4.69) is 10.6 Å². The molecule has 1 saturated heterocycles. The van der Waals surface area contributed by atoms with Crippen LogP contribution >= 0.6 is 12.4 Å². The first kappa shape index (κ1) is 17.3. The summed E-state index contributed by atoms with van der Waals surface area (Å²) in [5.74, 6) is -0.988. The average Bonchev–Trinajstić information content (AvgIpc) is 2.05. The summed E-state index contributed by atoms with van der Waals surface area (Å²) in [6.45, 7) is 3.50. The van der Waals surface area contributed by atoms with Crippen molar-refractivity contribution in [1.82, 2.24) is 10.6 Å². The van der Waals surface area contributed by atoms with Crippen LogP contribution in [0.15, 0.2) is 0 Å². The standard InChI is InChI=1S/C8H12N2O3.ClH.Na.H/c1-3-8(4-2)5(11)9-7(13)10-6(8)12;;;/h3-4H2,1-2H3,(H2,9,10,11,12,13);1H;;/q;;+1;-1. The molecule has 0 aromatic heterocycles. The van der Waals surface area contributed by atoms with Crippen LogP contribution in [0.3, 0.4) is 0 Å². The molecule has 0 spiro atoms. The van der Waals surface area contributed by atoms with Crippen LogP contribution in [0, 0.1) is 5.41 Å². The first-order valence-corrected chi connectivity index (χ1v) is 4.23. The van der Waals surface area contributed by atoms with Crippen LogP contribution in [0.2, 0.25) is 0 Å². The Morgan fingerprint density at radius 2 is 1.40 bits per heavy atom. The van der Waals surface area contributed by atoms with Gasteiger partial charge in [-0.05, 0) is 12.8 Å². The van der Waals surface area contributed by atoms with Crippen molar-refractivity contribution in [3.8, 4) is 0 Å². The molecular weight excluding hydrogens is 231 g/mol. The number of amides is 4. The third-order valence-corrected chi connectivity index (χ3v) is 2.53. The van der Waals surface area contributed by atoms with E-state index >= 15 is 0 Å². The van der Waals surface area contributed by atoms with Crippen molar-refractivity contribution in [2.75, 3.05) is 0 Å². The van der Waals surface area contributed by atoms with E-state index in [0.717, 1.165) is 0 Å². The number of rotatable bonds is 2. The van der Waals surface area contributed by atoms with Gasteiger partial charge in [-0.3, -0.25) is 20.2 Å². The van der Waals surface area contributed by atoms with Crippen molar-refractivity contribution in [2.45, 2.75) is 26.7 Å². The molecule has 0 atom stereocenters. The monoisotopic (exact) mass is 244 g/mol. The zero-order valence-electron chi connectivity index (χ0n) is 10.0. The summed E-state index contributed by atoms with van der Waals surface area (Å²) in [4.78, 5) is 33.6. The molecule has 0 saturated carbocycles. The molecule has 0 aromatic rings. The Balaban J connectivity index is -0.000000563. The molecule has 7 heteroatoms. The van der Waals surface area contributed by atoms with Gasteiger partial charge >= 0.3 is 35.6 Å². The van der Waals surface area contributed by atoms with Crippen molar-refractivity contribution < 1.29 is 45.4 Å². The van der Waals surface area contributed by atoms with E-state index in [-0.39, 0.29) is 43.4 Å². The predicted octanol–water partition coefficient (Wildman–Crippen LogP) is -2.30. The van der Waals surface area contributed by atoms with Crippen LogP contribution in [0.25, 0.3) is 0 Å². The number of imide groups is 2. The second-order valence-corrected chi connectivity index (χ2v) is 3.03. The van der Waals surface area contributed by atoms with E-state index in [0.29, 0.717) is 12.8 Å². The van der Waals surface area contributed by atoms with Crippen LogP contribution < -0.4 is 40.2 Å². The van der Waals surface area contributed by atoms with Gasteiger partial charge in [0.05, 0.1) is 0 Å². The molecule has 0 radical (unpaired) electrons. The number of carbonyl (C=O) groups excluding carboxylic acids is 3. The third kappa shape index (κ3) is 2.93. The molecule has 2 N–H and O–H groups in total. The summed E-state index contributed by atoms with van der Waals surface area (Å²) < 4.78 is 0. The summed E-state index contributed by atoms with van der Waals surface area (Å²) in [6, 6.07) is -0.729. The van der Waals surface area contributed by atoms with Crippen LogP contribution in [0.4, 0.5) is 4.79 Å². The van der Waals surface area contributed by atoms with E-state index in [1.807, 2.05) is 0 Å². The van der Waals surface area contributed by atoms with Crippen LogP contribution in [0.5, 0.6) is 0 Å². The molecule has 0 aromatic carbocycles. The number of hydrogen-bond donors (Lipinski definition) is 2. The zero-order chi connectivity index (χ0) is 10.1. The first-order chi connectivity index (χ1) is 6.06. The van der Waals surface area contributed by atoms with E-state index < -0.39 is 23.3 Å². The maximum atomic E-state index is 11.4. The molecule has 1 rings (SSSR count). The fraction of sp³-hybridized carbons (Fsp3) is 0.625. The molecule has 1 heterocycles. The molecule has 15 heavy (non-hydrogen) atoms. The van der Waals surface area contributed by atoms with E-state index in [1.54, 1.807) is 13.8 Å². The second kappa shape index (κ2) is 6.48. The number of barbiturate groups is 1. The molecule has 82 valence electrons. The molecule has 4 amide bonds. The fourth-order valence-electron chi connectivity index (χ4n) is 1.47. The van der Waals surface area contributed by atoms with Crippen LogP contribution in [-0.2, 0) is 9.59 Å². The number of halogens is 1. The van der Waals surface area contributed by atoms with Gasteiger partial charge in [0, 0.05) is 0 Å². The maximum Gasteiger partial charge on any atom is 1.00 e. The molecule has 0 aliphatic carbocycles. The molecule has 1 aliphatic rings. The van der Waals surface area contributed by atoms with Crippen molar-refractivity contribution in [3.05, 3.63) is 0 Å². The van der Waals surface area contributed by atoms with Gasteiger partial charge in [0.25, 0.3) is 0 Å². The molecule has 0 unspecified atom stereocenters. The summed E-state index contributed by atoms with van der Waals surface area (Å²) in [7, 11) is 0. The normalized spacial score (nSPS) is 18.1. The zero-order valence-corrected chi connectivity index (χ0v) is 11.9. The number of urea groups is 1. The quantitative estimate of drug-likeness (QED) is 0.424. The minimum atomic E-state index is -1.06. The third-order valence-electron chi connectivity index (χ3n) is 2.53. The minimum absolute atomic E-state index is 0. The van der Waals surface area contributed by atoms with Gasteiger partial charge < -0.3 is 1.43 Å². The molecule has 0 bridgehead atoms.